The summed E-state index contributed by atoms with van der Waals surface area (Å²) in [6.07, 6.45) is 0.502. The number of carbonyl (C=O) groups excluding carboxylic acids is 1. The standard InChI is InChI=1S/C15H23FN2O/c1-4-18(5-2)15(19)8-9-17-11-13-6-7-14(16)12(3)10-13/h6-7,10,17H,4-5,8-9,11H2,1-3H3. The van der Waals surface area contributed by atoms with Gasteiger partial charge >= 0.3 is 0 Å². The van der Waals surface area contributed by atoms with Crippen molar-refractivity contribution in [1.82, 2.24) is 10.2 Å². The first-order valence-electron chi connectivity index (χ1n) is 6.82. The number of benzene rings is 1. The van der Waals surface area contributed by atoms with Crippen molar-refractivity contribution in [2.75, 3.05) is 19.6 Å². The predicted octanol–water partition coefficient (Wildman–Crippen LogP) is 2.48. The Kier molecular flexibility index (Phi) is 6.50. The number of carbonyl (C=O) groups is 1. The number of hydrogen-bond donors (Lipinski definition) is 1. The second-order valence-corrected chi connectivity index (χ2v) is 4.58. The van der Waals surface area contributed by atoms with Crippen LogP contribution < -0.4 is 5.32 Å². The van der Waals surface area contributed by atoms with Gasteiger partial charge in [-0.3, -0.25) is 4.79 Å². The molecule has 0 unspecified atom stereocenters. The Morgan fingerprint density at radius 1 is 1.32 bits per heavy atom. The van der Waals surface area contributed by atoms with Gasteiger partial charge in [0.05, 0.1) is 0 Å². The van der Waals surface area contributed by atoms with Crippen molar-refractivity contribution < 1.29 is 9.18 Å². The molecule has 0 radical (unpaired) electrons. The molecule has 0 saturated heterocycles. The highest BCUT2D eigenvalue weighted by molar-refractivity contribution is 5.76. The summed E-state index contributed by atoms with van der Waals surface area (Å²) >= 11 is 0. The predicted molar refractivity (Wildman–Crippen MR) is 75.4 cm³/mol. The Bertz CT molecular complexity index is 417. The van der Waals surface area contributed by atoms with Gasteiger partial charge in [0.15, 0.2) is 0 Å². The summed E-state index contributed by atoms with van der Waals surface area (Å²) in [4.78, 5) is 13.6. The summed E-state index contributed by atoms with van der Waals surface area (Å²) in [6.45, 7) is 8.53. The van der Waals surface area contributed by atoms with Crippen molar-refractivity contribution in [1.29, 1.82) is 0 Å². The molecular weight excluding hydrogens is 243 g/mol. The van der Waals surface area contributed by atoms with Gasteiger partial charge in [-0.15, -0.1) is 0 Å². The van der Waals surface area contributed by atoms with Gasteiger partial charge < -0.3 is 10.2 Å². The Balaban J connectivity index is 2.31. The minimum Gasteiger partial charge on any atom is -0.343 e. The second kappa shape index (κ2) is 7.89. The van der Waals surface area contributed by atoms with Crippen LogP contribution in [-0.4, -0.2) is 30.4 Å². The number of rotatable bonds is 7. The van der Waals surface area contributed by atoms with Crippen LogP contribution in [0.15, 0.2) is 18.2 Å². The molecule has 19 heavy (non-hydrogen) atoms. The van der Waals surface area contributed by atoms with E-state index in [4.69, 9.17) is 0 Å². The van der Waals surface area contributed by atoms with Crippen molar-refractivity contribution >= 4 is 5.91 Å². The molecule has 0 bridgehead atoms. The molecule has 1 N–H and O–H groups in total. The van der Waals surface area contributed by atoms with Crippen molar-refractivity contribution in [3.8, 4) is 0 Å². The Hall–Kier alpha value is -1.42. The summed E-state index contributed by atoms with van der Waals surface area (Å²) in [6, 6.07) is 5.07. The molecule has 1 aromatic rings. The second-order valence-electron chi connectivity index (χ2n) is 4.58. The van der Waals surface area contributed by atoms with Gasteiger partial charge in [0.1, 0.15) is 5.82 Å². The van der Waals surface area contributed by atoms with Gasteiger partial charge in [-0.25, -0.2) is 4.39 Å². The first-order valence-corrected chi connectivity index (χ1v) is 6.82. The van der Waals surface area contributed by atoms with E-state index in [-0.39, 0.29) is 11.7 Å². The molecule has 0 saturated carbocycles. The summed E-state index contributed by atoms with van der Waals surface area (Å²) < 4.78 is 13.1. The maximum Gasteiger partial charge on any atom is 0.223 e. The van der Waals surface area contributed by atoms with E-state index in [1.165, 1.54) is 6.07 Å². The van der Waals surface area contributed by atoms with Gasteiger partial charge in [0.2, 0.25) is 5.91 Å². The van der Waals surface area contributed by atoms with Crippen LogP contribution in [0.1, 0.15) is 31.4 Å². The third-order valence-corrected chi connectivity index (χ3v) is 3.18. The molecule has 0 aliphatic carbocycles. The van der Waals surface area contributed by atoms with Crippen molar-refractivity contribution in [2.45, 2.75) is 33.7 Å². The van der Waals surface area contributed by atoms with Gasteiger partial charge in [0.25, 0.3) is 0 Å². The van der Waals surface area contributed by atoms with Crippen LogP contribution in [0.4, 0.5) is 4.39 Å². The fourth-order valence-electron chi connectivity index (χ4n) is 1.98. The normalized spacial score (nSPS) is 10.5. The molecular formula is C15H23FN2O. The number of amides is 1. The van der Waals surface area contributed by atoms with Crippen molar-refractivity contribution in [2.24, 2.45) is 0 Å². The van der Waals surface area contributed by atoms with E-state index < -0.39 is 0 Å². The molecule has 0 heterocycles. The van der Waals surface area contributed by atoms with E-state index >= 15 is 0 Å². The third-order valence-electron chi connectivity index (χ3n) is 3.18. The van der Waals surface area contributed by atoms with E-state index in [0.717, 1.165) is 18.7 Å². The molecule has 0 aliphatic rings. The maximum atomic E-state index is 13.1. The maximum absolute atomic E-state index is 13.1. The van der Waals surface area contributed by atoms with E-state index in [1.54, 1.807) is 13.0 Å². The average Bonchev–Trinajstić information content (AvgIpc) is 2.40. The van der Waals surface area contributed by atoms with Crippen LogP contribution in [0.25, 0.3) is 0 Å². The first kappa shape index (κ1) is 15.6. The highest BCUT2D eigenvalue weighted by Gasteiger charge is 2.08. The van der Waals surface area contributed by atoms with Gasteiger partial charge in [-0.2, -0.15) is 0 Å². The number of hydrogen-bond acceptors (Lipinski definition) is 2. The van der Waals surface area contributed by atoms with Gasteiger partial charge in [0, 0.05) is 32.6 Å². The highest BCUT2D eigenvalue weighted by atomic mass is 19.1. The molecule has 0 aliphatic heterocycles. The summed E-state index contributed by atoms with van der Waals surface area (Å²) in [5.41, 5.74) is 1.69. The SMILES string of the molecule is CCN(CC)C(=O)CCNCc1ccc(F)c(C)c1. The van der Waals surface area contributed by atoms with Crippen LogP contribution in [0.5, 0.6) is 0 Å². The van der Waals surface area contributed by atoms with Gasteiger partial charge in [-0.05, 0) is 38.0 Å². The van der Waals surface area contributed by atoms with Gasteiger partial charge in [-0.1, -0.05) is 12.1 Å². The minimum absolute atomic E-state index is 0.174. The van der Waals surface area contributed by atoms with Crippen LogP contribution >= 0.6 is 0 Å². The molecule has 4 heteroatoms. The Morgan fingerprint density at radius 2 is 2.00 bits per heavy atom. The lowest BCUT2D eigenvalue weighted by molar-refractivity contribution is -0.130. The highest BCUT2D eigenvalue weighted by Crippen LogP contribution is 2.08. The Labute approximate surface area is 114 Å². The van der Waals surface area contributed by atoms with E-state index in [0.29, 0.717) is 25.1 Å². The zero-order valence-electron chi connectivity index (χ0n) is 12.0. The van der Waals surface area contributed by atoms with Crippen LogP contribution in [0.2, 0.25) is 0 Å². The van der Waals surface area contributed by atoms with E-state index in [2.05, 4.69) is 5.32 Å². The summed E-state index contributed by atoms with van der Waals surface area (Å²) in [5.74, 6) is -0.00625. The molecule has 0 aromatic heterocycles. The zero-order valence-corrected chi connectivity index (χ0v) is 12.0. The molecule has 106 valence electrons. The van der Waals surface area contributed by atoms with Crippen LogP contribution in [0, 0.1) is 12.7 Å². The van der Waals surface area contributed by atoms with E-state index in [1.807, 2.05) is 24.8 Å². The fourth-order valence-corrected chi connectivity index (χ4v) is 1.98. The molecule has 0 spiro atoms. The topological polar surface area (TPSA) is 32.3 Å². The molecule has 1 aromatic carbocycles. The van der Waals surface area contributed by atoms with Crippen LogP contribution in [-0.2, 0) is 11.3 Å². The summed E-state index contributed by atoms with van der Waals surface area (Å²) in [5, 5.41) is 3.21. The molecule has 0 atom stereocenters. The smallest absolute Gasteiger partial charge is 0.223 e. The van der Waals surface area contributed by atoms with Crippen molar-refractivity contribution in [3.05, 3.63) is 35.1 Å². The summed E-state index contributed by atoms with van der Waals surface area (Å²) in [7, 11) is 0. The van der Waals surface area contributed by atoms with Crippen LogP contribution in [0.3, 0.4) is 0 Å². The first-order chi connectivity index (χ1) is 9.08. The molecule has 1 rings (SSSR count). The van der Waals surface area contributed by atoms with E-state index in [9.17, 15) is 9.18 Å². The number of nitrogens with one attached hydrogen (secondary N) is 1. The monoisotopic (exact) mass is 266 g/mol. The number of nitrogens with zero attached hydrogens (tertiary/aromatic N) is 1. The Morgan fingerprint density at radius 3 is 2.58 bits per heavy atom. The zero-order chi connectivity index (χ0) is 14.3. The lowest BCUT2D eigenvalue weighted by Gasteiger charge is -2.18. The number of aryl methyl sites for hydroxylation is 1. The lowest BCUT2D eigenvalue weighted by Crippen LogP contribution is -2.32. The quantitative estimate of drug-likeness (QED) is 0.769. The molecule has 1 amide bonds. The minimum atomic E-state index is -0.180. The largest absolute Gasteiger partial charge is 0.343 e. The average molecular weight is 266 g/mol. The molecule has 0 fully saturated rings. The third kappa shape index (κ3) is 4.99. The number of halogens is 1. The molecule has 3 nitrogen and oxygen atoms in total. The fraction of sp³-hybridized carbons (Fsp3) is 0.533. The lowest BCUT2D eigenvalue weighted by atomic mass is 10.1. The van der Waals surface area contributed by atoms with Crippen molar-refractivity contribution in [3.63, 3.8) is 0 Å².